The maximum absolute atomic E-state index is 11.5. The van der Waals surface area contributed by atoms with Gasteiger partial charge in [-0.1, -0.05) is 24.3 Å². The number of ether oxygens (including phenoxy) is 1. The Labute approximate surface area is 173 Å². The lowest BCUT2D eigenvalue weighted by molar-refractivity contribution is -0.115. The number of carbonyl (C=O) groups is 1. The van der Waals surface area contributed by atoms with E-state index >= 15 is 0 Å². The number of methoxy groups -OCH3 is 1. The van der Waals surface area contributed by atoms with E-state index in [2.05, 4.69) is 9.80 Å². The van der Waals surface area contributed by atoms with Crippen molar-refractivity contribution in [3.8, 4) is 5.75 Å². The summed E-state index contributed by atoms with van der Waals surface area (Å²) in [6, 6.07) is 14.9. The van der Waals surface area contributed by atoms with Crippen LogP contribution in [0.15, 0.2) is 53.4 Å². The summed E-state index contributed by atoms with van der Waals surface area (Å²) in [5, 5.41) is 10.5. The third-order valence-corrected chi connectivity index (χ3v) is 5.93. The van der Waals surface area contributed by atoms with Crippen LogP contribution in [0.1, 0.15) is 5.56 Å². The van der Waals surface area contributed by atoms with Crippen LogP contribution in [0.2, 0.25) is 0 Å². The monoisotopic (exact) mass is 398 g/mol. The first-order valence-electron chi connectivity index (χ1n) is 9.02. The van der Waals surface area contributed by atoms with Crippen molar-refractivity contribution < 1.29 is 14.6 Å². The molecule has 0 aliphatic carbocycles. The molecule has 0 aliphatic rings. The van der Waals surface area contributed by atoms with E-state index in [0.717, 1.165) is 23.7 Å². The Morgan fingerprint density at radius 3 is 2.36 bits per heavy atom. The molecular formula is C21H27BN2O3S. The number of aliphatic hydroxyl groups excluding tert-OH is 1. The number of aliphatic hydroxyl groups is 1. The molecule has 1 N–H and O–H groups in total. The van der Waals surface area contributed by atoms with Crippen LogP contribution in [0, 0.1) is 0 Å². The largest absolute Gasteiger partial charge is 0.497 e. The van der Waals surface area contributed by atoms with Gasteiger partial charge in [0.15, 0.2) is 0 Å². The zero-order valence-electron chi connectivity index (χ0n) is 16.8. The fourth-order valence-corrected chi connectivity index (χ4v) is 4.02. The van der Waals surface area contributed by atoms with Gasteiger partial charge in [0.25, 0.3) is 0 Å². The van der Waals surface area contributed by atoms with Crippen molar-refractivity contribution in [2.24, 2.45) is 0 Å². The topological polar surface area (TPSA) is 53.0 Å². The molecule has 0 bridgehead atoms. The summed E-state index contributed by atoms with van der Waals surface area (Å²) >= 11 is 1.28. The smallest absolute Gasteiger partial charge is 0.149 e. The van der Waals surface area contributed by atoms with E-state index in [4.69, 9.17) is 12.6 Å². The third kappa shape index (κ3) is 5.31. The first kappa shape index (κ1) is 22.3. The number of para-hydroxylation sites is 1. The first-order valence-corrected chi connectivity index (χ1v) is 9.84. The number of anilines is 1. The molecule has 0 aliphatic heterocycles. The minimum absolute atomic E-state index is 0.482. The van der Waals surface area contributed by atoms with Crippen molar-refractivity contribution in [2.45, 2.75) is 15.6 Å². The second kappa shape index (κ2) is 10.0. The Kier molecular flexibility index (Phi) is 7.98. The number of thioether (sulfide) groups is 1. The maximum atomic E-state index is 11.5. The Bertz CT molecular complexity index is 773. The van der Waals surface area contributed by atoms with E-state index in [9.17, 15) is 9.90 Å². The Balaban J connectivity index is 2.38. The molecule has 0 heterocycles. The zero-order chi connectivity index (χ0) is 20.7. The van der Waals surface area contributed by atoms with Gasteiger partial charge in [0.05, 0.1) is 12.8 Å². The molecule has 5 nitrogen and oxygen atoms in total. The van der Waals surface area contributed by atoms with Crippen molar-refractivity contribution in [3.63, 3.8) is 0 Å². The quantitative estimate of drug-likeness (QED) is 0.377. The Morgan fingerprint density at radius 2 is 1.79 bits per heavy atom. The van der Waals surface area contributed by atoms with Gasteiger partial charge in [-0.25, -0.2) is 0 Å². The molecule has 2 rings (SSSR count). The van der Waals surface area contributed by atoms with E-state index in [1.165, 1.54) is 11.8 Å². The normalized spacial score (nSPS) is 14.4. The highest BCUT2D eigenvalue weighted by Gasteiger charge is 2.36. The summed E-state index contributed by atoms with van der Waals surface area (Å²) < 4.78 is 3.87. The molecule has 148 valence electrons. The summed E-state index contributed by atoms with van der Waals surface area (Å²) in [5.41, 5.74) is 1.64. The van der Waals surface area contributed by atoms with Crippen molar-refractivity contribution in [1.29, 1.82) is 0 Å². The van der Waals surface area contributed by atoms with Gasteiger partial charge in [0, 0.05) is 29.7 Å². The van der Waals surface area contributed by atoms with Gasteiger partial charge in [-0.2, -0.15) is 0 Å². The Morgan fingerprint density at radius 1 is 1.14 bits per heavy atom. The minimum atomic E-state index is -1.37. The molecule has 2 aromatic rings. The van der Waals surface area contributed by atoms with Crippen LogP contribution in [0.25, 0.3) is 0 Å². The molecule has 0 spiro atoms. The lowest BCUT2D eigenvalue weighted by Gasteiger charge is -2.34. The number of likely N-dealkylation sites (N-methyl/N-ethyl adjacent to an activating group) is 2. The van der Waals surface area contributed by atoms with Crippen LogP contribution in [0.5, 0.6) is 5.75 Å². The number of benzene rings is 2. The molecule has 7 heteroatoms. The lowest BCUT2D eigenvalue weighted by Crippen LogP contribution is -2.38. The van der Waals surface area contributed by atoms with Crippen LogP contribution < -0.4 is 9.64 Å². The number of hydrogen-bond acceptors (Lipinski definition) is 6. The molecule has 2 radical (unpaired) electrons. The van der Waals surface area contributed by atoms with E-state index in [-0.39, 0.29) is 0 Å². The zero-order valence-corrected chi connectivity index (χ0v) is 17.6. The predicted octanol–water partition coefficient (Wildman–Crippen LogP) is 2.37. The fourth-order valence-electron chi connectivity index (χ4n) is 2.75. The van der Waals surface area contributed by atoms with E-state index < -0.39 is 10.8 Å². The summed E-state index contributed by atoms with van der Waals surface area (Å²) in [7, 11) is 14.3. The molecule has 28 heavy (non-hydrogen) atoms. The van der Waals surface area contributed by atoms with Crippen molar-refractivity contribution in [1.82, 2.24) is 4.90 Å². The lowest BCUT2D eigenvalue weighted by atomic mass is 9.76. The van der Waals surface area contributed by atoms with E-state index in [0.29, 0.717) is 17.6 Å². The van der Waals surface area contributed by atoms with Crippen LogP contribution in [-0.2, 0) is 9.44 Å². The van der Waals surface area contributed by atoms with Gasteiger partial charge in [-0.3, -0.25) is 0 Å². The molecule has 0 amide bonds. The van der Waals surface area contributed by atoms with E-state index in [1.807, 2.05) is 45.4 Å². The number of carbonyl (C=O) groups excluding carboxylic acids is 1. The molecule has 0 fully saturated rings. The fraction of sp³-hybridized carbons (Fsp3) is 0.381. The summed E-state index contributed by atoms with van der Waals surface area (Å²) in [5.74, 6) is 0.681. The molecule has 0 aromatic heterocycles. The van der Waals surface area contributed by atoms with Gasteiger partial charge in [-0.05, 0) is 43.9 Å². The van der Waals surface area contributed by atoms with Gasteiger partial charge in [0.1, 0.15) is 26.0 Å². The highest BCUT2D eigenvalue weighted by molar-refractivity contribution is 8.01. The van der Waals surface area contributed by atoms with Crippen LogP contribution in [0.4, 0.5) is 5.69 Å². The van der Waals surface area contributed by atoms with Gasteiger partial charge >= 0.3 is 0 Å². The first-order chi connectivity index (χ1) is 13.3. The average molecular weight is 398 g/mol. The highest BCUT2D eigenvalue weighted by atomic mass is 32.2. The van der Waals surface area contributed by atoms with Crippen molar-refractivity contribution in [3.05, 3.63) is 54.1 Å². The molecule has 0 saturated heterocycles. The molecule has 2 atom stereocenters. The van der Waals surface area contributed by atoms with Crippen LogP contribution >= 0.6 is 11.8 Å². The van der Waals surface area contributed by atoms with Gasteiger partial charge < -0.3 is 24.4 Å². The second-order valence-electron chi connectivity index (χ2n) is 6.90. The molecular weight excluding hydrogens is 371 g/mol. The summed E-state index contributed by atoms with van der Waals surface area (Å²) in [6.07, 6.45) is -0.888. The third-order valence-electron chi connectivity index (χ3n) is 4.55. The summed E-state index contributed by atoms with van der Waals surface area (Å²) in [6.45, 7) is 1.74. The standard InChI is InChI=1S/C21H27BN2O3S/c1-23(2)13-14-24(3)18-7-5-6-8-19(18)28-21(22,20(26)15-25)16-9-11-17(27-4)12-10-16/h5-12,15,20,26H,13-14H2,1-4H3. The van der Waals surface area contributed by atoms with Crippen molar-refractivity contribution in [2.75, 3.05) is 46.2 Å². The molecule has 2 aromatic carbocycles. The Hall–Kier alpha value is -1.96. The minimum Gasteiger partial charge on any atom is -0.497 e. The van der Waals surface area contributed by atoms with Crippen LogP contribution in [-0.4, -0.2) is 71.6 Å². The average Bonchev–Trinajstić information content (AvgIpc) is 2.71. The SMILES string of the molecule is [B]C(Sc1ccccc1N(C)CCN(C)C)(c1ccc(OC)cc1)C(O)C=O. The highest BCUT2D eigenvalue weighted by Crippen LogP contribution is 2.44. The molecule has 0 saturated carbocycles. The van der Waals surface area contributed by atoms with Gasteiger partial charge in [0.2, 0.25) is 0 Å². The van der Waals surface area contributed by atoms with Crippen molar-refractivity contribution >= 4 is 31.6 Å². The summed E-state index contributed by atoms with van der Waals surface area (Å²) in [4.78, 5) is 16.6. The maximum Gasteiger partial charge on any atom is 0.149 e. The molecule has 2 unspecified atom stereocenters. The van der Waals surface area contributed by atoms with Gasteiger partial charge in [-0.15, -0.1) is 11.8 Å². The number of aldehydes is 1. The number of hydrogen-bond donors (Lipinski definition) is 1. The van der Waals surface area contributed by atoms with E-state index in [1.54, 1.807) is 31.4 Å². The second-order valence-corrected chi connectivity index (χ2v) is 8.22. The van der Waals surface area contributed by atoms with Crippen LogP contribution in [0.3, 0.4) is 0 Å². The predicted molar refractivity (Wildman–Crippen MR) is 117 cm³/mol. The number of rotatable bonds is 10. The number of nitrogens with zero attached hydrogens (tertiary/aromatic N) is 2.